The molecule has 0 bridgehead atoms. The van der Waals surface area contributed by atoms with E-state index in [1.165, 1.54) is 31.4 Å². The second-order valence-corrected chi connectivity index (χ2v) is 7.66. The molecule has 0 atom stereocenters. The molecule has 2 N–H and O–H groups in total. The van der Waals surface area contributed by atoms with E-state index in [2.05, 4.69) is 5.32 Å². The molecule has 3 aromatic rings. The Labute approximate surface area is 193 Å². The number of carboxylic acids is 1. The molecular formula is C22H17Cl3FNO4. The lowest BCUT2D eigenvalue weighted by atomic mass is 10.1. The topological polar surface area (TPSA) is 67.8 Å². The minimum atomic E-state index is -1.12. The molecule has 0 aliphatic rings. The van der Waals surface area contributed by atoms with Crippen LogP contribution >= 0.6 is 34.8 Å². The van der Waals surface area contributed by atoms with Crippen LogP contribution in [0.25, 0.3) is 0 Å². The number of nitrogens with one attached hydrogen (secondary N) is 1. The Bertz CT molecular complexity index is 1100. The molecule has 0 unspecified atom stereocenters. The summed E-state index contributed by atoms with van der Waals surface area (Å²) in [5.41, 5.74) is 1.46. The number of carbonyl (C=O) groups is 1. The summed E-state index contributed by atoms with van der Waals surface area (Å²) in [7, 11) is 1.47. The van der Waals surface area contributed by atoms with Crippen molar-refractivity contribution in [3.05, 3.63) is 86.1 Å². The molecule has 0 aliphatic heterocycles. The highest BCUT2D eigenvalue weighted by atomic mass is 35.5. The largest absolute Gasteiger partial charge is 0.493 e. The zero-order valence-electron chi connectivity index (χ0n) is 16.2. The Morgan fingerprint density at radius 2 is 1.81 bits per heavy atom. The van der Waals surface area contributed by atoms with Crippen LogP contribution in [0, 0.1) is 5.82 Å². The molecule has 0 fully saturated rings. The van der Waals surface area contributed by atoms with Crippen LogP contribution in [0.2, 0.25) is 15.1 Å². The molecule has 0 aliphatic carbocycles. The maximum atomic E-state index is 14.0. The second kappa shape index (κ2) is 10.1. The Morgan fingerprint density at radius 1 is 1.03 bits per heavy atom. The van der Waals surface area contributed by atoms with Gasteiger partial charge >= 0.3 is 5.97 Å². The molecule has 0 saturated carbocycles. The van der Waals surface area contributed by atoms with Gasteiger partial charge in [0.15, 0.2) is 11.5 Å². The standard InChI is InChI=1S/C22H17Cl3FNO4/c1-30-20-7-12(10-27-13-5-6-17(24)14(8-13)22(28)29)18(25)9-21(20)31-11-15-16(23)3-2-4-19(15)26/h2-9,27H,10-11H2,1H3,(H,28,29). The molecular weight excluding hydrogens is 468 g/mol. The maximum absolute atomic E-state index is 14.0. The summed E-state index contributed by atoms with van der Waals surface area (Å²) in [4.78, 5) is 11.2. The van der Waals surface area contributed by atoms with Crippen molar-refractivity contribution in [3.8, 4) is 11.5 Å². The predicted octanol–water partition coefficient (Wildman–Crippen LogP) is 6.68. The lowest BCUT2D eigenvalue weighted by Crippen LogP contribution is -2.05. The van der Waals surface area contributed by atoms with Crippen molar-refractivity contribution in [1.29, 1.82) is 0 Å². The average molecular weight is 485 g/mol. The van der Waals surface area contributed by atoms with Gasteiger partial charge in [-0.05, 0) is 42.0 Å². The summed E-state index contributed by atoms with van der Waals surface area (Å²) in [6.45, 7) is 0.188. The molecule has 3 rings (SSSR count). The number of benzene rings is 3. The van der Waals surface area contributed by atoms with E-state index < -0.39 is 11.8 Å². The van der Waals surface area contributed by atoms with Gasteiger partial charge in [-0.2, -0.15) is 0 Å². The van der Waals surface area contributed by atoms with Crippen LogP contribution in [0.1, 0.15) is 21.5 Å². The first-order valence-corrected chi connectivity index (χ1v) is 10.1. The molecule has 0 heterocycles. The molecule has 3 aromatic carbocycles. The first kappa shape index (κ1) is 23.0. The van der Waals surface area contributed by atoms with Gasteiger partial charge in [-0.1, -0.05) is 40.9 Å². The fraction of sp³-hybridized carbons (Fsp3) is 0.136. The summed E-state index contributed by atoms with van der Waals surface area (Å²) in [5.74, 6) is -0.863. The van der Waals surface area contributed by atoms with Crippen molar-refractivity contribution in [2.24, 2.45) is 0 Å². The minimum Gasteiger partial charge on any atom is -0.493 e. The van der Waals surface area contributed by atoms with Crippen LogP contribution in [0.4, 0.5) is 10.1 Å². The minimum absolute atomic E-state index is 0.00843. The van der Waals surface area contributed by atoms with Gasteiger partial charge in [0.1, 0.15) is 12.4 Å². The van der Waals surface area contributed by atoms with E-state index >= 15 is 0 Å². The molecule has 0 aromatic heterocycles. The third-order valence-electron chi connectivity index (χ3n) is 4.45. The van der Waals surface area contributed by atoms with Crippen molar-refractivity contribution in [2.45, 2.75) is 13.2 Å². The van der Waals surface area contributed by atoms with Gasteiger partial charge in [0.2, 0.25) is 0 Å². The van der Waals surface area contributed by atoms with Gasteiger partial charge in [-0.15, -0.1) is 0 Å². The van der Waals surface area contributed by atoms with Crippen molar-refractivity contribution in [1.82, 2.24) is 0 Å². The number of rotatable bonds is 8. The van der Waals surface area contributed by atoms with Gasteiger partial charge in [0, 0.05) is 28.9 Å². The number of halogens is 4. The van der Waals surface area contributed by atoms with E-state index in [-0.39, 0.29) is 34.3 Å². The molecule has 0 saturated heterocycles. The average Bonchev–Trinajstić information content (AvgIpc) is 2.73. The van der Waals surface area contributed by atoms with Gasteiger partial charge < -0.3 is 19.9 Å². The molecule has 0 radical (unpaired) electrons. The Balaban J connectivity index is 1.76. The second-order valence-electron chi connectivity index (χ2n) is 6.44. The smallest absolute Gasteiger partial charge is 0.337 e. The van der Waals surface area contributed by atoms with Gasteiger partial charge in [-0.3, -0.25) is 0 Å². The molecule has 5 nitrogen and oxygen atoms in total. The fourth-order valence-electron chi connectivity index (χ4n) is 2.80. The molecule has 0 spiro atoms. The predicted molar refractivity (Wildman–Crippen MR) is 119 cm³/mol. The zero-order valence-corrected chi connectivity index (χ0v) is 18.5. The van der Waals surface area contributed by atoms with E-state index in [0.717, 1.165) is 0 Å². The number of ether oxygens (including phenoxy) is 2. The third kappa shape index (κ3) is 5.53. The number of anilines is 1. The van der Waals surface area contributed by atoms with E-state index in [4.69, 9.17) is 44.3 Å². The van der Waals surface area contributed by atoms with E-state index in [0.29, 0.717) is 27.8 Å². The Morgan fingerprint density at radius 3 is 2.48 bits per heavy atom. The monoisotopic (exact) mass is 483 g/mol. The van der Waals surface area contributed by atoms with Crippen LogP contribution in [0.3, 0.4) is 0 Å². The van der Waals surface area contributed by atoms with Crippen LogP contribution in [-0.2, 0) is 13.2 Å². The summed E-state index contributed by atoms with van der Waals surface area (Å²) in [6.07, 6.45) is 0. The highest BCUT2D eigenvalue weighted by Gasteiger charge is 2.14. The van der Waals surface area contributed by atoms with Gasteiger partial charge in [0.05, 0.1) is 22.7 Å². The highest BCUT2D eigenvalue weighted by molar-refractivity contribution is 6.33. The highest BCUT2D eigenvalue weighted by Crippen LogP contribution is 2.35. The van der Waals surface area contributed by atoms with Crippen LogP contribution in [0.15, 0.2) is 48.5 Å². The number of hydrogen-bond donors (Lipinski definition) is 2. The van der Waals surface area contributed by atoms with Crippen molar-refractivity contribution >= 4 is 46.5 Å². The molecule has 0 amide bonds. The Kier molecular flexibility index (Phi) is 7.49. The molecule has 162 valence electrons. The van der Waals surface area contributed by atoms with E-state index in [1.807, 2.05) is 0 Å². The normalized spacial score (nSPS) is 10.6. The first-order valence-electron chi connectivity index (χ1n) is 8.99. The van der Waals surface area contributed by atoms with Gasteiger partial charge in [0.25, 0.3) is 0 Å². The van der Waals surface area contributed by atoms with Crippen LogP contribution in [-0.4, -0.2) is 18.2 Å². The molecule has 31 heavy (non-hydrogen) atoms. The zero-order chi connectivity index (χ0) is 22.5. The molecule has 9 heteroatoms. The summed E-state index contributed by atoms with van der Waals surface area (Å²) < 4.78 is 25.0. The van der Waals surface area contributed by atoms with E-state index in [1.54, 1.807) is 24.3 Å². The van der Waals surface area contributed by atoms with E-state index in [9.17, 15) is 14.3 Å². The SMILES string of the molecule is COc1cc(CNc2ccc(Cl)c(C(=O)O)c2)c(Cl)cc1OCc1c(F)cccc1Cl. The van der Waals surface area contributed by atoms with Crippen molar-refractivity contribution < 1.29 is 23.8 Å². The number of aromatic carboxylic acids is 1. The number of carboxylic acid groups (broad SMARTS) is 1. The lowest BCUT2D eigenvalue weighted by molar-refractivity contribution is 0.0697. The lowest BCUT2D eigenvalue weighted by Gasteiger charge is -2.15. The van der Waals surface area contributed by atoms with Crippen molar-refractivity contribution in [2.75, 3.05) is 12.4 Å². The quantitative estimate of drug-likeness (QED) is 0.373. The summed E-state index contributed by atoms with van der Waals surface area (Å²) >= 11 is 18.3. The van der Waals surface area contributed by atoms with Crippen molar-refractivity contribution in [3.63, 3.8) is 0 Å². The maximum Gasteiger partial charge on any atom is 0.337 e. The van der Waals surface area contributed by atoms with Gasteiger partial charge in [-0.25, -0.2) is 9.18 Å². The third-order valence-corrected chi connectivity index (χ3v) is 5.48. The Hall–Kier alpha value is -2.67. The first-order chi connectivity index (χ1) is 14.8. The number of hydrogen-bond acceptors (Lipinski definition) is 4. The summed E-state index contributed by atoms with van der Waals surface area (Å²) in [6, 6.07) is 12.2. The summed E-state index contributed by atoms with van der Waals surface area (Å²) in [5, 5.41) is 13.1. The van der Waals surface area contributed by atoms with Crippen LogP contribution in [0.5, 0.6) is 11.5 Å². The fourth-order valence-corrected chi connectivity index (χ4v) is 3.44. The van der Waals surface area contributed by atoms with Crippen LogP contribution < -0.4 is 14.8 Å². The number of methoxy groups -OCH3 is 1.